The highest BCUT2D eigenvalue weighted by atomic mass is 28.3. The maximum atomic E-state index is 2.85. The largest absolute Gasteiger partial charge is 0.317 e. The fourth-order valence-corrected chi connectivity index (χ4v) is 12.2. The smallest absolute Gasteiger partial charge is 0.195 e. The minimum Gasteiger partial charge on any atom is -0.317 e. The van der Waals surface area contributed by atoms with Gasteiger partial charge >= 0.3 is 0 Å². The molecule has 0 radical (unpaired) electrons. The molecule has 0 spiro atoms. The molecule has 26 heavy (non-hydrogen) atoms. The molecule has 0 aromatic rings. The number of hydrogen-bond acceptors (Lipinski definition) is 4. The lowest BCUT2D eigenvalue weighted by atomic mass is 10.3. The van der Waals surface area contributed by atoms with Crippen LogP contribution in [0.2, 0.25) is 10.6 Å². The lowest BCUT2D eigenvalue weighted by molar-refractivity contribution is 0.304. The Hall–Kier alpha value is 0.274. The maximum absolute atomic E-state index is 2.85. The van der Waals surface area contributed by atoms with E-state index in [4.69, 9.17) is 0 Å². The van der Waals surface area contributed by atoms with Gasteiger partial charge in [0.25, 0.3) is 0 Å². The van der Waals surface area contributed by atoms with Crippen LogP contribution < -0.4 is 0 Å². The quantitative estimate of drug-likeness (QED) is 0.437. The molecule has 6 heteroatoms. The summed E-state index contributed by atoms with van der Waals surface area (Å²) in [5.41, 5.74) is 0.791. The Bertz CT molecular complexity index is 356. The van der Waals surface area contributed by atoms with E-state index in [1.807, 2.05) is 0 Å². The third kappa shape index (κ3) is 7.72. The first-order valence-electron chi connectivity index (χ1n) is 11.0. The molecule has 0 saturated carbocycles. The second-order valence-corrected chi connectivity index (χ2v) is 16.7. The van der Waals surface area contributed by atoms with Gasteiger partial charge in [-0.15, -0.1) is 0 Å². The Labute approximate surface area is 169 Å². The Balaban J connectivity index is 5.30. The third-order valence-electron chi connectivity index (χ3n) is 5.68. The zero-order chi connectivity index (χ0) is 20.5. The van der Waals surface area contributed by atoms with Crippen LogP contribution in [-0.2, 0) is 0 Å². The van der Waals surface area contributed by atoms with Crippen LogP contribution in [0.3, 0.4) is 0 Å². The summed E-state index contributed by atoms with van der Waals surface area (Å²) in [6.45, 7) is 32.2. The van der Waals surface area contributed by atoms with Crippen LogP contribution in [0, 0.1) is 0 Å². The van der Waals surface area contributed by atoms with Crippen molar-refractivity contribution in [3.05, 3.63) is 0 Å². The molecule has 0 N–H and O–H groups in total. The lowest BCUT2D eigenvalue weighted by Gasteiger charge is -2.45. The lowest BCUT2D eigenvalue weighted by Crippen LogP contribution is -2.60. The first kappa shape index (κ1) is 26.3. The highest BCUT2D eigenvalue weighted by molar-refractivity contribution is 6.56. The molecule has 4 nitrogen and oxygen atoms in total. The zero-order valence-corrected chi connectivity index (χ0v) is 22.3. The van der Waals surface area contributed by atoms with Gasteiger partial charge < -0.3 is 18.3 Å². The summed E-state index contributed by atoms with van der Waals surface area (Å²) in [5.74, 6) is 0. The van der Waals surface area contributed by atoms with Crippen molar-refractivity contribution < 1.29 is 0 Å². The molecule has 0 aliphatic rings. The van der Waals surface area contributed by atoms with Crippen LogP contribution in [-0.4, -0.2) is 89.4 Å². The summed E-state index contributed by atoms with van der Waals surface area (Å²) in [6, 6.07) is 0. The van der Waals surface area contributed by atoms with E-state index in [1.54, 1.807) is 0 Å². The van der Waals surface area contributed by atoms with Crippen molar-refractivity contribution in [2.45, 2.75) is 79.8 Å². The Kier molecular flexibility index (Phi) is 12.8. The predicted octanol–water partition coefficient (Wildman–Crippen LogP) is 3.57. The van der Waals surface area contributed by atoms with Crippen molar-refractivity contribution in [1.82, 2.24) is 18.3 Å². The van der Waals surface area contributed by atoms with Crippen molar-refractivity contribution in [2.24, 2.45) is 0 Å². The van der Waals surface area contributed by atoms with E-state index < -0.39 is 18.2 Å². The normalized spacial score (nSPS) is 15.7. The summed E-state index contributed by atoms with van der Waals surface area (Å²) in [4.78, 5) is 0. The van der Waals surface area contributed by atoms with Crippen molar-refractivity contribution in [2.75, 3.05) is 52.9 Å². The van der Waals surface area contributed by atoms with Crippen molar-refractivity contribution in [3.8, 4) is 0 Å². The van der Waals surface area contributed by atoms with Crippen molar-refractivity contribution in [1.29, 1.82) is 0 Å². The molecule has 2 unspecified atom stereocenters. The van der Waals surface area contributed by atoms with Gasteiger partial charge in [0.15, 0.2) is 18.2 Å². The maximum Gasteiger partial charge on any atom is 0.195 e. The summed E-state index contributed by atoms with van der Waals surface area (Å²) >= 11 is 0. The van der Waals surface area contributed by atoms with Crippen LogP contribution in [0.4, 0.5) is 0 Å². The zero-order valence-electron chi connectivity index (χ0n) is 20.0. The van der Waals surface area contributed by atoms with Crippen LogP contribution in [0.5, 0.6) is 0 Å². The number of likely N-dealkylation sites (N-methyl/N-ethyl adjacent to an activating group) is 2. The number of nitrogens with zero attached hydrogens (tertiary/aromatic N) is 4. The van der Waals surface area contributed by atoms with E-state index in [0.717, 1.165) is 12.1 Å². The van der Waals surface area contributed by atoms with E-state index >= 15 is 0 Å². The minimum absolute atomic E-state index is 0.394. The van der Waals surface area contributed by atoms with Crippen molar-refractivity contribution in [3.63, 3.8) is 0 Å². The van der Waals surface area contributed by atoms with Gasteiger partial charge in [0.05, 0.1) is 0 Å². The first-order chi connectivity index (χ1) is 12.1. The minimum atomic E-state index is -1.15. The van der Waals surface area contributed by atoms with E-state index in [9.17, 15) is 0 Å². The molecule has 0 rings (SSSR count). The molecular formula is C20H50N4Si2. The summed E-state index contributed by atoms with van der Waals surface area (Å²) in [5, 5.41) is 0.394. The highest BCUT2D eigenvalue weighted by Gasteiger charge is 2.35. The Morgan fingerprint density at radius 1 is 0.692 bits per heavy atom. The first-order valence-corrected chi connectivity index (χ1v) is 14.3. The molecule has 0 amide bonds. The fraction of sp³-hybridized carbons (Fsp3) is 1.00. The van der Waals surface area contributed by atoms with Gasteiger partial charge in [-0.25, -0.2) is 0 Å². The van der Waals surface area contributed by atoms with Gasteiger partial charge in [-0.3, -0.25) is 0 Å². The molecule has 0 fully saturated rings. The van der Waals surface area contributed by atoms with E-state index in [0.29, 0.717) is 5.04 Å². The summed E-state index contributed by atoms with van der Waals surface area (Å²) in [7, 11) is 0.113. The van der Waals surface area contributed by atoms with Gasteiger partial charge in [0, 0.05) is 13.1 Å². The van der Waals surface area contributed by atoms with E-state index in [1.165, 1.54) is 39.3 Å². The molecule has 0 aliphatic carbocycles. The van der Waals surface area contributed by atoms with Crippen molar-refractivity contribution >= 4 is 18.2 Å². The van der Waals surface area contributed by atoms with Gasteiger partial charge in [0.1, 0.15) is 0 Å². The summed E-state index contributed by atoms with van der Waals surface area (Å²) < 4.78 is 11.1. The second-order valence-electron chi connectivity index (χ2n) is 8.95. The average Bonchev–Trinajstić information content (AvgIpc) is 2.58. The highest BCUT2D eigenvalue weighted by Crippen LogP contribution is 2.30. The molecule has 2 atom stereocenters. The number of rotatable bonds is 13. The molecule has 0 aromatic heterocycles. The monoisotopic (exact) mass is 402 g/mol. The standard InChI is InChI=1S/C20H50N4Si2/c1-12-21(11)26(20(8,9)10)24(16-5)18-17-23(15-4)25(19(6)7)22(13-2)14-3/h19,25-26H,12-18H2,1-11H3. The van der Waals surface area contributed by atoms with Gasteiger partial charge in [0.2, 0.25) is 0 Å². The second kappa shape index (κ2) is 12.7. The fourth-order valence-electron chi connectivity index (χ4n) is 4.52. The molecule has 0 saturated heterocycles. The summed E-state index contributed by atoms with van der Waals surface area (Å²) in [6.07, 6.45) is 0. The van der Waals surface area contributed by atoms with Crippen LogP contribution in [0.25, 0.3) is 0 Å². The molecule has 0 bridgehead atoms. The van der Waals surface area contributed by atoms with E-state index in [-0.39, 0.29) is 0 Å². The van der Waals surface area contributed by atoms with Gasteiger partial charge in [-0.1, -0.05) is 69.2 Å². The number of hydrogen-bond donors (Lipinski definition) is 0. The molecular weight excluding hydrogens is 352 g/mol. The molecule has 0 heterocycles. The van der Waals surface area contributed by atoms with Crippen LogP contribution in [0.1, 0.15) is 69.2 Å². The Morgan fingerprint density at radius 3 is 1.42 bits per heavy atom. The topological polar surface area (TPSA) is 13.0 Å². The Morgan fingerprint density at radius 2 is 1.12 bits per heavy atom. The molecule has 0 aromatic carbocycles. The average molecular weight is 403 g/mol. The van der Waals surface area contributed by atoms with Crippen LogP contribution in [0.15, 0.2) is 0 Å². The van der Waals surface area contributed by atoms with Gasteiger partial charge in [-0.2, -0.15) is 0 Å². The molecule has 0 aliphatic heterocycles. The van der Waals surface area contributed by atoms with E-state index in [2.05, 4.69) is 94.5 Å². The van der Waals surface area contributed by atoms with Gasteiger partial charge in [-0.05, 0) is 50.4 Å². The predicted molar refractivity (Wildman–Crippen MR) is 125 cm³/mol. The van der Waals surface area contributed by atoms with Crippen LogP contribution >= 0.6 is 0 Å². The SMILES string of the molecule is CCN(CC)[SiH](C(C)C)N(CC)CCN(CC)[SiH](N(C)CC)C(C)(C)C. The molecule has 158 valence electrons. The third-order valence-corrected chi connectivity index (χ3v) is 13.8.